The minimum atomic E-state index is 0.341. The Balaban J connectivity index is 1.29. The van der Waals surface area contributed by atoms with Crippen molar-refractivity contribution in [1.82, 2.24) is 4.90 Å². The van der Waals surface area contributed by atoms with Crippen molar-refractivity contribution in [3.63, 3.8) is 0 Å². The Hall–Kier alpha value is -1.51. The third-order valence-corrected chi connectivity index (χ3v) is 10.7. The van der Waals surface area contributed by atoms with Gasteiger partial charge in [-0.1, -0.05) is 26.0 Å². The van der Waals surface area contributed by atoms with E-state index in [0.717, 1.165) is 42.3 Å². The van der Waals surface area contributed by atoms with E-state index in [9.17, 15) is 4.79 Å². The molecule has 1 aliphatic heterocycles. The van der Waals surface area contributed by atoms with Gasteiger partial charge in [0.2, 0.25) is 5.91 Å². The van der Waals surface area contributed by atoms with Gasteiger partial charge in [-0.2, -0.15) is 0 Å². The number of rotatable bonds is 4. The Kier molecular flexibility index (Phi) is 5.38. The molecule has 0 bridgehead atoms. The van der Waals surface area contributed by atoms with E-state index in [1.165, 1.54) is 56.9 Å². The molecule has 1 amide bonds. The van der Waals surface area contributed by atoms with E-state index in [0.29, 0.717) is 22.8 Å². The molecule has 4 aliphatic rings. The largest absolute Gasteiger partial charge is 0.497 e. The van der Waals surface area contributed by atoms with Crippen LogP contribution in [0.2, 0.25) is 0 Å². The Morgan fingerprint density at radius 1 is 0.968 bits per heavy atom. The number of fused-ring (bicyclic) bond motifs is 5. The highest BCUT2D eigenvalue weighted by molar-refractivity contribution is 5.77. The van der Waals surface area contributed by atoms with Crippen molar-refractivity contribution in [3.8, 4) is 5.75 Å². The first-order chi connectivity index (χ1) is 14.9. The zero-order valence-corrected chi connectivity index (χ0v) is 20.0. The second-order valence-corrected chi connectivity index (χ2v) is 11.7. The van der Waals surface area contributed by atoms with Gasteiger partial charge in [0.05, 0.1) is 7.11 Å². The smallest absolute Gasteiger partial charge is 0.222 e. The number of aryl methyl sites for hydroxylation is 1. The van der Waals surface area contributed by atoms with Crippen molar-refractivity contribution in [3.05, 3.63) is 29.8 Å². The van der Waals surface area contributed by atoms with Gasteiger partial charge in [0.1, 0.15) is 5.75 Å². The molecule has 0 N–H and O–H groups in total. The van der Waals surface area contributed by atoms with Gasteiger partial charge in [0.25, 0.3) is 0 Å². The fourth-order valence-corrected chi connectivity index (χ4v) is 8.87. The quantitative estimate of drug-likeness (QED) is 0.585. The number of ether oxygens (including phenoxy) is 1. The van der Waals surface area contributed by atoms with E-state index in [-0.39, 0.29) is 0 Å². The summed E-state index contributed by atoms with van der Waals surface area (Å²) in [6.45, 7) is 5.18. The predicted octanol–water partition coefficient (Wildman–Crippen LogP) is 6.11. The molecule has 3 aliphatic carbocycles. The average molecular weight is 424 g/mol. The molecule has 3 nitrogen and oxygen atoms in total. The molecular formula is C28H41NO2. The molecule has 170 valence electrons. The summed E-state index contributed by atoms with van der Waals surface area (Å²) in [5, 5.41) is 0. The monoisotopic (exact) mass is 423 g/mol. The molecule has 3 heteroatoms. The van der Waals surface area contributed by atoms with Crippen LogP contribution >= 0.6 is 0 Å². The molecule has 0 spiro atoms. The number of hydrogen-bond acceptors (Lipinski definition) is 2. The summed E-state index contributed by atoms with van der Waals surface area (Å²) < 4.78 is 5.32. The number of methoxy groups -OCH3 is 1. The molecule has 1 saturated heterocycles. The fraction of sp³-hybridized carbons (Fsp3) is 0.750. The summed E-state index contributed by atoms with van der Waals surface area (Å²) in [6.07, 6.45) is 12.6. The van der Waals surface area contributed by atoms with E-state index < -0.39 is 0 Å². The van der Waals surface area contributed by atoms with Gasteiger partial charge in [-0.3, -0.25) is 4.79 Å². The van der Waals surface area contributed by atoms with Gasteiger partial charge < -0.3 is 9.64 Å². The van der Waals surface area contributed by atoms with Gasteiger partial charge in [-0.25, -0.2) is 0 Å². The minimum Gasteiger partial charge on any atom is -0.497 e. The lowest BCUT2D eigenvalue weighted by molar-refractivity contribution is -0.158. The van der Waals surface area contributed by atoms with Crippen LogP contribution in [0.15, 0.2) is 24.3 Å². The molecule has 1 aromatic rings. The Bertz CT molecular complexity index is 819. The van der Waals surface area contributed by atoms with Crippen LogP contribution in [0.5, 0.6) is 5.75 Å². The van der Waals surface area contributed by atoms with E-state index in [1.807, 2.05) is 0 Å². The molecule has 7 atom stereocenters. The molecule has 3 saturated carbocycles. The lowest BCUT2D eigenvalue weighted by atomic mass is 9.46. The first kappa shape index (κ1) is 21.3. The fourth-order valence-electron chi connectivity index (χ4n) is 8.87. The van der Waals surface area contributed by atoms with Gasteiger partial charge in [-0.15, -0.1) is 0 Å². The topological polar surface area (TPSA) is 29.5 Å². The number of carbonyl (C=O) groups is 1. The predicted molar refractivity (Wildman–Crippen MR) is 125 cm³/mol. The Morgan fingerprint density at radius 2 is 1.71 bits per heavy atom. The third kappa shape index (κ3) is 3.33. The second kappa shape index (κ2) is 7.81. The van der Waals surface area contributed by atoms with Crippen LogP contribution in [0.3, 0.4) is 0 Å². The van der Waals surface area contributed by atoms with Crippen LogP contribution in [-0.4, -0.2) is 31.0 Å². The van der Waals surface area contributed by atoms with Crippen LogP contribution in [0.1, 0.15) is 77.2 Å². The summed E-state index contributed by atoms with van der Waals surface area (Å²) >= 11 is 0. The minimum absolute atomic E-state index is 0.341. The van der Waals surface area contributed by atoms with E-state index in [1.54, 1.807) is 7.11 Å². The molecule has 0 aromatic heterocycles. The van der Waals surface area contributed by atoms with Crippen LogP contribution in [-0.2, 0) is 11.2 Å². The number of likely N-dealkylation sites (tertiary alicyclic amines) is 1. The maximum Gasteiger partial charge on any atom is 0.222 e. The summed E-state index contributed by atoms with van der Waals surface area (Å²) in [7, 11) is 3.81. The standard InChI is InChI=1S/C28H41NO2/c1-27-17-15-24-22(12-14-25-28(24,2)18-16-26(30)29(25)3)23(27)13-9-20(27)8-5-19-6-10-21(31-4)11-7-19/h6-7,10-11,20,22-25H,5,8-9,12-18H2,1-4H3/t20-,22-,23-,24-,25+,27+,28+/m0/s1. The van der Waals surface area contributed by atoms with E-state index in [2.05, 4.69) is 50.1 Å². The van der Waals surface area contributed by atoms with Gasteiger partial charge in [0.15, 0.2) is 0 Å². The van der Waals surface area contributed by atoms with Crippen molar-refractivity contribution in [2.75, 3.05) is 14.2 Å². The lowest BCUT2D eigenvalue weighted by Crippen LogP contribution is -2.61. The molecule has 31 heavy (non-hydrogen) atoms. The average Bonchev–Trinajstić information content (AvgIpc) is 3.12. The number of nitrogens with zero attached hydrogens (tertiary/aromatic N) is 1. The summed E-state index contributed by atoms with van der Waals surface area (Å²) in [5.41, 5.74) is 2.31. The normalized spacial score (nSPS) is 42.0. The number of carbonyl (C=O) groups excluding carboxylic acids is 1. The summed E-state index contributed by atoms with van der Waals surface area (Å²) in [5.74, 6) is 4.79. The molecular weight excluding hydrogens is 382 g/mol. The summed E-state index contributed by atoms with van der Waals surface area (Å²) in [6, 6.07) is 9.17. The first-order valence-corrected chi connectivity index (χ1v) is 12.8. The van der Waals surface area contributed by atoms with Crippen LogP contribution < -0.4 is 4.74 Å². The molecule has 4 fully saturated rings. The lowest BCUT2D eigenvalue weighted by Gasteiger charge is -2.62. The van der Waals surface area contributed by atoms with Gasteiger partial charge in [0, 0.05) is 19.5 Å². The number of amides is 1. The third-order valence-electron chi connectivity index (χ3n) is 10.7. The molecule has 5 rings (SSSR count). The maximum atomic E-state index is 12.4. The molecule has 1 aromatic carbocycles. The maximum absolute atomic E-state index is 12.4. The Labute approximate surface area is 188 Å². The van der Waals surface area contributed by atoms with Gasteiger partial charge >= 0.3 is 0 Å². The second-order valence-electron chi connectivity index (χ2n) is 11.7. The van der Waals surface area contributed by atoms with Crippen LogP contribution in [0.4, 0.5) is 0 Å². The zero-order valence-electron chi connectivity index (χ0n) is 20.0. The number of benzene rings is 1. The van der Waals surface area contributed by atoms with Crippen molar-refractivity contribution in [2.45, 2.75) is 84.1 Å². The van der Waals surface area contributed by atoms with Gasteiger partial charge in [-0.05, 0) is 110 Å². The van der Waals surface area contributed by atoms with Crippen LogP contribution in [0.25, 0.3) is 0 Å². The highest BCUT2D eigenvalue weighted by Crippen LogP contribution is 2.66. The SMILES string of the molecule is COc1ccc(CC[C@H]2CC[C@H]3[C@@H]4CC[C@H]5N(C)C(=O)CC[C@]5(C)[C@H]4CC[C@]23C)cc1. The van der Waals surface area contributed by atoms with Crippen molar-refractivity contribution >= 4 is 5.91 Å². The number of hydrogen-bond donors (Lipinski definition) is 0. The van der Waals surface area contributed by atoms with Crippen LogP contribution in [0, 0.1) is 34.5 Å². The highest BCUT2D eigenvalue weighted by atomic mass is 16.5. The Morgan fingerprint density at radius 3 is 2.45 bits per heavy atom. The molecule has 0 unspecified atom stereocenters. The van der Waals surface area contributed by atoms with Crippen molar-refractivity contribution < 1.29 is 9.53 Å². The zero-order chi connectivity index (χ0) is 21.8. The number of piperidine rings is 1. The summed E-state index contributed by atoms with van der Waals surface area (Å²) in [4.78, 5) is 14.5. The molecule has 0 radical (unpaired) electrons. The highest BCUT2D eigenvalue weighted by Gasteiger charge is 2.60. The van der Waals surface area contributed by atoms with Crippen molar-refractivity contribution in [2.24, 2.45) is 34.5 Å². The van der Waals surface area contributed by atoms with E-state index in [4.69, 9.17) is 4.74 Å². The van der Waals surface area contributed by atoms with E-state index >= 15 is 0 Å². The molecule has 1 heterocycles. The van der Waals surface area contributed by atoms with Crippen molar-refractivity contribution in [1.29, 1.82) is 0 Å². The first-order valence-electron chi connectivity index (χ1n) is 12.8.